The molecule has 0 fully saturated rings. The maximum atomic E-state index is 6.20. The first-order chi connectivity index (χ1) is 11.2. The van der Waals surface area contributed by atoms with Crippen molar-refractivity contribution in [3.8, 4) is 5.75 Å². The zero-order valence-corrected chi connectivity index (χ0v) is 13.9. The van der Waals surface area contributed by atoms with Crippen molar-refractivity contribution in [1.29, 1.82) is 0 Å². The van der Waals surface area contributed by atoms with Crippen molar-refractivity contribution in [3.63, 3.8) is 0 Å². The van der Waals surface area contributed by atoms with Gasteiger partial charge in [-0.3, -0.25) is 0 Å². The number of benzene rings is 2. The number of hydrogen-bond acceptors (Lipinski definition) is 2. The van der Waals surface area contributed by atoms with Gasteiger partial charge in [0.2, 0.25) is 0 Å². The molecule has 3 aromatic rings. The second-order valence-corrected chi connectivity index (χ2v) is 6.47. The number of ether oxygens (including phenoxy) is 1. The monoisotopic (exact) mass is 326 g/mol. The molecule has 4 rings (SSSR count). The molecule has 0 saturated carbocycles. The molecule has 1 aliphatic carbocycles. The summed E-state index contributed by atoms with van der Waals surface area (Å²) in [5, 5.41) is 5.44. The molecule has 1 aliphatic rings. The molecule has 23 heavy (non-hydrogen) atoms. The van der Waals surface area contributed by atoms with E-state index in [2.05, 4.69) is 34.7 Å². The van der Waals surface area contributed by atoms with E-state index in [1.54, 1.807) is 7.11 Å². The molecule has 3 nitrogen and oxygen atoms in total. The highest BCUT2D eigenvalue weighted by atomic mass is 35.5. The summed E-state index contributed by atoms with van der Waals surface area (Å²) >= 11 is 6.20. The fourth-order valence-electron chi connectivity index (χ4n) is 3.83. The van der Waals surface area contributed by atoms with Crippen molar-refractivity contribution in [2.24, 2.45) is 0 Å². The molecule has 2 atom stereocenters. The maximum absolute atomic E-state index is 6.20. The molecule has 1 aromatic heterocycles. The summed E-state index contributed by atoms with van der Waals surface area (Å²) in [5.74, 6) is 1.24. The maximum Gasteiger partial charge on any atom is 0.142 e. The third kappa shape index (κ3) is 2.23. The summed E-state index contributed by atoms with van der Waals surface area (Å²) in [4.78, 5) is 3.39. The Balaban J connectivity index is 1.87. The van der Waals surface area contributed by atoms with Crippen LogP contribution in [0, 0.1) is 0 Å². The van der Waals surface area contributed by atoms with E-state index in [1.165, 1.54) is 22.1 Å². The number of rotatable bonds is 3. The molecule has 0 amide bonds. The predicted molar refractivity (Wildman–Crippen MR) is 94.6 cm³/mol. The molecular formula is C19H19ClN2O. The number of aromatic amines is 1. The summed E-state index contributed by atoms with van der Waals surface area (Å²) in [6.45, 7) is 0. The smallest absolute Gasteiger partial charge is 0.142 e. The normalized spacial score (nSPS) is 20.0. The minimum Gasteiger partial charge on any atom is -0.495 e. The highest BCUT2D eigenvalue weighted by Gasteiger charge is 2.32. The van der Waals surface area contributed by atoms with E-state index in [0.717, 1.165) is 22.7 Å². The summed E-state index contributed by atoms with van der Waals surface area (Å²) < 4.78 is 5.47. The number of fused-ring (bicyclic) bond motifs is 2. The third-order valence-corrected chi connectivity index (χ3v) is 5.16. The van der Waals surface area contributed by atoms with Crippen molar-refractivity contribution in [1.82, 2.24) is 10.3 Å². The molecule has 0 radical (unpaired) electrons. The van der Waals surface area contributed by atoms with Crippen molar-refractivity contribution in [2.75, 3.05) is 14.2 Å². The van der Waals surface area contributed by atoms with Crippen molar-refractivity contribution < 1.29 is 4.74 Å². The van der Waals surface area contributed by atoms with E-state index in [1.807, 2.05) is 25.2 Å². The highest BCUT2D eigenvalue weighted by molar-refractivity contribution is 6.30. The topological polar surface area (TPSA) is 37.0 Å². The lowest BCUT2D eigenvalue weighted by Gasteiger charge is -2.11. The van der Waals surface area contributed by atoms with Gasteiger partial charge in [-0.25, -0.2) is 0 Å². The summed E-state index contributed by atoms with van der Waals surface area (Å²) in [7, 11) is 3.72. The zero-order valence-electron chi connectivity index (χ0n) is 13.2. The van der Waals surface area contributed by atoms with E-state index in [9.17, 15) is 0 Å². The van der Waals surface area contributed by atoms with Gasteiger partial charge < -0.3 is 15.0 Å². The number of aromatic nitrogens is 1. The minimum atomic E-state index is 0.337. The highest BCUT2D eigenvalue weighted by Crippen LogP contribution is 2.47. The molecular weight excluding hydrogens is 308 g/mol. The van der Waals surface area contributed by atoms with Gasteiger partial charge in [0.1, 0.15) is 5.75 Å². The van der Waals surface area contributed by atoms with Crippen molar-refractivity contribution in [2.45, 2.75) is 18.4 Å². The number of H-pyrrole nitrogens is 1. The van der Waals surface area contributed by atoms with Crippen LogP contribution in [0.15, 0.2) is 42.6 Å². The van der Waals surface area contributed by atoms with Crippen molar-refractivity contribution in [3.05, 3.63) is 64.3 Å². The van der Waals surface area contributed by atoms with E-state index in [-0.39, 0.29) is 0 Å². The number of nitrogens with one attached hydrogen (secondary N) is 2. The van der Waals surface area contributed by atoms with Crippen LogP contribution in [-0.2, 0) is 0 Å². The van der Waals surface area contributed by atoms with Crippen LogP contribution >= 0.6 is 11.6 Å². The van der Waals surface area contributed by atoms with Gasteiger partial charge in [0.05, 0.1) is 12.6 Å². The Hall–Kier alpha value is -1.97. The van der Waals surface area contributed by atoms with Crippen LogP contribution in [0.3, 0.4) is 0 Å². The van der Waals surface area contributed by atoms with E-state index in [4.69, 9.17) is 16.3 Å². The lowest BCUT2D eigenvalue weighted by Crippen LogP contribution is -2.13. The van der Waals surface area contributed by atoms with Gasteiger partial charge in [0, 0.05) is 28.6 Å². The van der Waals surface area contributed by atoms with Gasteiger partial charge in [0.25, 0.3) is 0 Å². The second kappa shape index (κ2) is 5.59. The van der Waals surface area contributed by atoms with Gasteiger partial charge in [-0.1, -0.05) is 29.8 Å². The third-order valence-electron chi connectivity index (χ3n) is 4.92. The van der Waals surface area contributed by atoms with Crippen LogP contribution in [0.25, 0.3) is 10.9 Å². The Kier molecular flexibility index (Phi) is 3.55. The van der Waals surface area contributed by atoms with Gasteiger partial charge in [-0.2, -0.15) is 0 Å². The Morgan fingerprint density at radius 3 is 2.83 bits per heavy atom. The Bertz CT molecular complexity index is 871. The van der Waals surface area contributed by atoms with Gasteiger partial charge in [-0.05, 0) is 48.4 Å². The number of para-hydroxylation sites is 1. The Morgan fingerprint density at radius 2 is 2.04 bits per heavy atom. The van der Waals surface area contributed by atoms with Crippen LogP contribution in [-0.4, -0.2) is 19.1 Å². The summed E-state index contributed by atoms with van der Waals surface area (Å²) in [6.07, 6.45) is 3.16. The summed E-state index contributed by atoms with van der Waals surface area (Å²) in [5.41, 5.74) is 5.05. The summed E-state index contributed by atoms with van der Waals surface area (Å²) in [6, 6.07) is 12.8. The molecule has 1 heterocycles. The zero-order chi connectivity index (χ0) is 16.0. The first kappa shape index (κ1) is 14.6. The fourth-order valence-corrected chi connectivity index (χ4v) is 4.01. The van der Waals surface area contributed by atoms with Gasteiger partial charge in [-0.15, -0.1) is 0 Å². The molecule has 0 bridgehead atoms. The van der Waals surface area contributed by atoms with Crippen LogP contribution in [0.4, 0.5) is 0 Å². The Morgan fingerprint density at radius 1 is 1.17 bits per heavy atom. The van der Waals surface area contributed by atoms with E-state index in [0.29, 0.717) is 12.0 Å². The van der Waals surface area contributed by atoms with Crippen LogP contribution in [0.2, 0.25) is 5.02 Å². The SMILES string of the molecule is CN[C@@H]1C[C@H](c2c[nH]c3c(OC)cccc23)c2ccc(Cl)cc21. The average molecular weight is 327 g/mol. The van der Waals surface area contributed by atoms with Crippen molar-refractivity contribution >= 4 is 22.5 Å². The van der Waals surface area contributed by atoms with Crippen LogP contribution in [0.1, 0.15) is 35.1 Å². The molecule has 4 heteroatoms. The second-order valence-electron chi connectivity index (χ2n) is 6.03. The first-order valence-corrected chi connectivity index (χ1v) is 8.21. The molecule has 0 unspecified atom stereocenters. The predicted octanol–water partition coefficient (Wildman–Crippen LogP) is 4.63. The van der Waals surface area contributed by atoms with Gasteiger partial charge >= 0.3 is 0 Å². The minimum absolute atomic E-state index is 0.337. The van der Waals surface area contributed by atoms with Crippen LogP contribution < -0.4 is 10.1 Å². The molecule has 0 spiro atoms. The lowest BCUT2D eigenvalue weighted by molar-refractivity contribution is 0.419. The lowest BCUT2D eigenvalue weighted by atomic mass is 9.92. The molecule has 0 saturated heterocycles. The molecule has 0 aliphatic heterocycles. The number of methoxy groups -OCH3 is 1. The average Bonchev–Trinajstić information content (AvgIpc) is 3.15. The van der Waals surface area contributed by atoms with Crippen LogP contribution in [0.5, 0.6) is 5.75 Å². The standard InChI is InChI=1S/C19H19ClN2O/c1-21-17-9-14(12-7-6-11(20)8-15(12)17)16-10-22-19-13(16)4-3-5-18(19)23-2/h3-8,10,14,17,21-22H,9H2,1-2H3/t14-,17+/m0/s1. The molecule has 2 aromatic carbocycles. The van der Waals surface area contributed by atoms with E-state index < -0.39 is 0 Å². The van der Waals surface area contributed by atoms with E-state index >= 15 is 0 Å². The Labute approximate surface area is 140 Å². The quantitative estimate of drug-likeness (QED) is 0.736. The van der Waals surface area contributed by atoms with Gasteiger partial charge in [0.15, 0.2) is 0 Å². The fraction of sp³-hybridized carbons (Fsp3) is 0.263. The molecule has 118 valence electrons. The number of hydrogen-bond donors (Lipinski definition) is 2. The largest absolute Gasteiger partial charge is 0.495 e. The molecule has 2 N–H and O–H groups in total. The first-order valence-electron chi connectivity index (χ1n) is 7.83. The number of halogens is 1.